The van der Waals surface area contributed by atoms with E-state index in [1.165, 1.54) is 62.4 Å². The fourth-order valence-electron chi connectivity index (χ4n) is 7.36. The van der Waals surface area contributed by atoms with Gasteiger partial charge in [-0.2, -0.15) is 0 Å². The molecule has 0 radical (unpaired) electrons. The van der Waals surface area contributed by atoms with Crippen molar-refractivity contribution in [2.45, 2.75) is 107 Å². The van der Waals surface area contributed by atoms with Gasteiger partial charge in [0.05, 0.1) is 32.2 Å². The number of carboxylic acids is 2. The Kier molecular flexibility index (Phi) is 26.9. The molecule has 0 saturated carbocycles. The molecule has 0 heterocycles. The first-order valence-corrected chi connectivity index (χ1v) is 25.1. The summed E-state index contributed by atoms with van der Waals surface area (Å²) in [6.07, 6.45) is -1.51. The molecule has 0 spiro atoms. The summed E-state index contributed by atoms with van der Waals surface area (Å²) >= 11 is 0. The number of carbonyl (C=O) groups is 11. The lowest BCUT2D eigenvalue weighted by Gasteiger charge is -2.26. The van der Waals surface area contributed by atoms with E-state index in [1.54, 1.807) is 30.3 Å². The number of aliphatic hydroxyl groups is 2. The summed E-state index contributed by atoms with van der Waals surface area (Å²) in [5.41, 5.74) is 17.7. The predicted molar refractivity (Wildman–Crippen MR) is 286 cm³/mol. The Morgan fingerprint density at radius 3 is 1.42 bits per heavy atom. The third-order valence-corrected chi connectivity index (χ3v) is 11.8. The van der Waals surface area contributed by atoms with E-state index < -0.39 is 146 Å². The maximum Gasteiger partial charge on any atom is 0.326 e. The van der Waals surface area contributed by atoms with E-state index in [2.05, 4.69) is 52.8 Å². The number of rotatable bonds is 33. The largest absolute Gasteiger partial charge is 0.508 e. The van der Waals surface area contributed by atoms with Gasteiger partial charge >= 0.3 is 11.9 Å². The number of aliphatic hydroxyl groups excluding tert-OH is 2. The van der Waals surface area contributed by atoms with Crippen LogP contribution in [0.25, 0.3) is 0 Å². The zero-order valence-corrected chi connectivity index (χ0v) is 44.1. The van der Waals surface area contributed by atoms with Gasteiger partial charge in [-0.1, -0.05) is 54.6 Å². The molecule has 30 nitrogen and oxygen atoms in total. The number of benzene rings is 3. The monoisotopic (exact) mass is 1140 g/mol. The highest BCUT2D eigenvalue weighted by Gasteiger charge is 2.33. The average Bonchev–Trinajstić information content (AvgIpc) is 3.41. The number of aliphatic imine (C=N–C) groups is 1. The topological polar surface area (TPSA) is 508 Å². The molecule has 0 bridgehead atoms. The number of nitrogens with zero attached hydrogens (tertiary/aromatic N) is 1. The van der Waals surface area contributed by atoms with Crippen LogP contribution in [0.3, 0.4) is 0 Å². The molecule has 0 saturated heterocycles. The van der Waals surface area contributed by atoms with Crippen LogP contribution < -0.4 is 65.1 Å². The number of hydrogen-bond donors (Lipinski definition) is 18. The van der Waals surface area contributed by atoms with Crippen molar-refractivity contribution >= 4 is 71.1 Å². The minimum absolute atomic E-state index is 0.0132. The van der Waals surface area contributed by atoms with Gasteiger partial charge in [0.1, 0.15) is 59.8 Å². The Bertz CT molecular complexity index is 2690. The lowest BCUT2D eigenvalue weighted by atomic mass is 10.0. The van der Waals surface area contributed by atoms with Crippen LogP contribution in [0.5, 0.6) is 11.5 Å². The standard InChI is InChI=1S/C51H69N13O17/c1-26(58-47(77)35(19-28-7-4-3-5-8-28)59-40(69)23-56-45(75)38(24-65)63-44(74)33(52)22-41(70)71)42(72)57-27(2)43(73)61-36(20-29-10-14-31(67)15-11-29)48(78)64-39(25-66)49(79)60-34(9-6-18-55-51(53)54)46(76)62-37(50(80)81)21-30-12-16-32(68)17-13-30/h3-5,7-8,10-17,26-27,33-39,65-68H,6,9,18-25,52H2,1-2H3,(H,56,75)(H,57,72)(H,58,77)(H,59,69)(H,60,79)(H,61,73)(H,62,76)(H,63,74)(H,64,78)(H,70,71)(H,80,81)(H4,53,54,55)/t26-,27-,33-,34-,35-,36-,37-,38-,39-/m0/s1. The van der Waals surface area contributed by atoms with Gasteiger partial charge in [0, 0.05) is 25.8 Å². The molecule has 81 heavy (non-hydrogen) atoms. The lowest BCUT2D eigenvalue weighted by molar-refractivity contribution is -0.142. The Balaban J connectivity index is 1.74. The molecule has 30 heteroatoms. The summed E-state index contributed by atoms with van der Waals surface area (Å²) in [6.45, 7) is -0.309. The third kappa shape index (κ3) is 23.6. The number of amides is 9. The van der Waals surface area contributed by atoms with E-state index in [-0.39, 0.29) is 56.1 Å². The minimum Gasteiger partial charge on any atom is -0.508 e. The summed E-state index contributed by atoms with van der Waals surface area (Å²) in [5.74, 6) is -12.3. The summed E-state index contributed by atoms with van der Waals surface area (Å²) in [7, 11) is 0. The lowest BCUT2D eigenvalue weighted by Crippen LogP contribution is -2.60. The van der Waals surface area contributed by atoms with Crippen LogP contribution in [0.15, 0.2) is 83.9 Å². The molecule has 9 atom stereocenters. The van der Waals surface area contributed by atoms with E-state index in [0.29, 0.717) is 16.7 Å². The van der Waals surface area contributed by atoms with E-state index >= 15 is 0 Å². The smallest absolute Gasteiger partial charge is 0.326 e. The van der Waals surface area contributed by atoms with Crippen molar-refractivity contribution < 1.29 is 83.4 Å². The Morgan fingerprint density at radius 1 is 0.494 bits per heavy atom. The fraction of sp³-hybridized carbons (Fsp3) is 0.412. The summed E-state index contributed by atoms with van der Waals surface area (Å²) < 4.78 is 0. The Hall–Kier alpha value is -9.42. The number of aliphatic carboxylic acids is 2. The van der Waals surface area contributed by atoms with Crippen molar-refractivity contribution in [3.05, 3.63) is 95.6 Å². The Labute approximate surface area is 463 Å². The summed E-state index contributed by atoms with van der Waals surface area (Å²) in [4.78, 5) is 147. The molecule has 21 N–H and O–H groups in total. The number of hydrogen-bond acceptors (Lipinski definition) is 17. The van der Waals surface area contributed by atoms with Crippen LogP contribution >= 0.6 is 0 Å². The Morgan fingerprint density at radius 2 is 0.901 bits per heavy atom. The van der Waals surface area contributed by atoms with Crippen molar-refractivity contribution in [2.75, 3.05) is 26.3 Å². The van der Waals surface area contributed by atoms with Gasteiger partial charge in [-0.05, 0) is 67.6 Å². The maximum absolute atomic E-state index is 14.0. The average molecular weight is 1140 g/mol. The number of carbonyl (C=O) groups excluding carboxylic acids is 9. The number of guanidine groups is 1. The van der Waals surface area contributed by atoms with Gasteiger partial charge < -0.3 is 95.7 Å². The van der Waals surface area contributed by atoms with Crippen molar-refractivity contribution in [3.63, 3.8) is 0 Å². The number of nitrogens with one attached hydrogen (secondary N) is 9. The molecule has 0 aliphatic heterocycles. The molecule has 440 valence electrons. The molecule has 3 aromatic carbocycles. The molecule has 0 aromatic heterocycles. The van der Waals surface area contributed by atoms with E-state index in [1.807, 2.05) is 0 Å². The molecule has 0 fully saturated rings. The number of phenolic OH excluding ortho intramolecular Hbond substituents is 2. The van der Waals surface area contributed by atoms with Crippen molar-refractivity contribution in [1.29, 1.82) is 0 Å². The van der Waals surface area contributed by atoms with Gasteiger partial charge in [-0.15, -0.1) is 0 Å². The molecule has 0 aliphatic carbocycles. The van der Waals surface area contributed by atoms with Crippen LogP contribution in [0.2, 0.25) is 0 Å². The van der Waals surface area contributed by atoms with Crippen LogP contribution in [0, 0.1) is 0 Å². The van der Waals surface area contributed by atoms with Gasteiger partial charge in [0.2, 0.25) is 53.2 Å². The highest BCUT2D eigenvalue weighted by atomic mass is 16.4. The molecule has 0 unspecified atom stereocenters. The summed E-state index contributed by atoms with van der Waals surface area (Å²) in [5, 5.41) is 79.5. The predicted octanol–water partition coefficient (Wildman–Crippen LogP) is -5.92. The van der Waals surface area contributed by atoms with Crippen molar-refractivity contribution in [3.8, 4) is 11.5 Å². The van der Waals surface area contributed by atoms with Crippen LogP contribution in [0.4, 0.5) is 0 Å². The van der Waals surface area contributed by atoms with Gasteiger partial charge in [-0.3, -0.25) is 52.9 Å². The zero-order valence-electron chi connectivity index (χ0n) is 44.1. The van der Waals surface area contributed by atoms with Crippen LogP contribution in [-0.2, 0) is 72.0 Å². The maximum atomic E-state index is 14.0. The number of carboxylic acid groups (broad SMARTS) is 2. The highest BCUT2D eigenvalue weighted by molar-refractivity contribution is 5.98. The third-order valence-electron chi connectivity index (χ3n) is 11.8. The first-order valence-electron chi connectivity index (χ1n) is 25.1. The highest BCUT2D eigenvalue weighted by Crippen LogP contribution is 2.14. The second-order valence-electron chi connectivity index (χ2n) is 18.4. The normalized spacial score (nSPS) is 14.1. The van der Waals surface area contributed by atoms with Gasteiger partial charge in [0.15, 0.2) is 5.96 Å². The minimum atomic E-state index is -1.79. The number of aromatic hydroxyl groups is 2. The number of nitrogens with two attached hydrogens (primary N) is 3. The molecular formula is C51H69N13O17. The van der Waals surface area contributed by atoms with Crippen molar-refractivity contribution in [2.24, 2.45) is 22.2 Å². The van der Waals surface area contributed by atoms with E-state index in [4.69, 9.17) is 22.3 Å². The number of phenols is 2. The van der Waals surface area contributed by atoms with E-state index in [0.717, 1.165) is 0 Å². The quantitative estimate of drug-likeness (QED) is 0.0153. The zero-order chi connectivity index (χ0) is 60.3. The van der Waals surface area contributed by atoms with Gasteiger partial charge in [-0.25, -0.2) is 4.79 Å². The second-order valence-corrected chi connectivity index (χ2v) is 18.4. The van der Waals surface area contributed by atoms with E-state index in [9.17, 15) is 78.3 Å². The first-order chi connectivity index (χ1) is 38.3. The SMILES string of the molecule is C[C@H](NC(=O)[C@H](C)NC(=O)[C@H](Cc1ccccc1)NC(=O)CNC(=O)[C@H](CO)NC(=O)[C@@H](N)CC(=O)O)C(=O)N[C@@H](Cc1ccc(O)cc1)C(=O)N[C@@H](CO)C(=O)N[C@@H](CCCN=C(N)N)C(=O)N[C@@H](Cc1ccc(O)cc1)C(=O)O. The van der Waals surface area contributed by atoms with Crippen molar-refractivity contribution in [1.82, 2.24) is 47.9 Å². The molecule has 3 rings (SSSR count). The fourth-order valence-corrected chi connectivity index (χ4v) is 7.36. The van der Waals surface area contributed by atoms with Gasteiger partial charge in [0.25, 0.3) is 0 Å². The molecule has 9 amide bonds. The molecule has 3 aromatic rings. The first kappa shape index (κ1) is 65.9. The van der Waals surface area contributed by atoms with Crippen LogP contribution in [0.1, 0.15) is 49.8 Å². The summed E-state index contributed by atoms with van der Waals surface area (Å²) in [6, 6.07) is 5.54. The molecule has 0 aliphatic rings. The molecular weight excluding hydrogens is 1070 g/mol. The van der Waals surface area contributed by atoms with Crippen LogP contribution in [-0.4, -0.2) is 182 Å². The second kappa shape index (κ2) is 33.1.